The van der Waals surface area contributed by atoms with Crippen molar-refractivity contribution in [1.29, 1.82) is 0 Å². The number of hydrogen-bond acceptors (Lipinski definition) is 1. The van der Waals surface area contributed by atoms with Crippen molar-refractivity contribution in [2.75, 3.05) is 5.73 Å². The van der Waals surface area contributed by atoms with Crippen LogP contribution in [0.2, 0.25) is 5.02 Å². The molecule has 2 rings (SSSR count). The fourth-order valence-corrected chi connectivity index (χ4v) is 1.96. The molecule has 16 heavy (non-hydrogen) atoms. The van der Waals surface area contributed by atoms with E-state index < -0.39 is 0 Å². The molecule has 2 N–H and O–H groups in total. The molecule has 0 fully saturated rings. The molecule has 0 radical (unpaired) electrons. The third-order valence-electron chi connectivity index (χ3n) is 2.62. The maximum absolute atomic E-state index is 5.98. The van der Waals surface area contributed by atoms with Crippen molar-refractivity contribution < 1.29 is 0 Å². The highest BCUT2D eigenvalue weighted by atomic mass is 35.5. The smallest absolute Gasteiger partial charge is 0.0432 e. The van der Waals surface area contributed by atoms with Gasteiger partial charge in [0.1, 0.15) is 0 Å². The van der Waals surface area contributed by atoms with Gasteiger partial charge in [0.05, 0.1) is 0 Å². The molecule has 0 aromatic heterocycles. The predicted molar refractivity (Wildman–Crippen MR) is 70.7 cm³/mol. The van der Waals surface area contributed by atoms with Gasteiger partial charge in [0, 0.05) is 10.7 Å². The summed E-state index contributed by atoms with van der Waals surface area (Å²) in [5.74, 6) is 0. The molecule has 1 nitrogen and oxygen atoms in total. The minimum Gasteiger partial charge on any atom is -0.399 e. The van der Waals surface area contributed by atoms with E-state index in [0.29, 0.717) is 10.7 Å². The van der Waals surface area contributed by atoms with Gasteiger partial charge in [-0.2, -0.15) is 0 Å². The van der Waals surface area contributed by atoms with Crippen molar-refractivity contribution in [1.82, 2.24) is 0 Å². The van der Waals surface area contributed by atoms with E-state index in [1.54, 1.807) is 6.07 Å². The summed E-state index contributed by atoms with van der Waals surface area (Å²) in [4.78, 5) is 0. The average molecular weight is 232 g/mol. The second kappa shape index (κ2) is 4.58. The number of rotatable bonds is 2. The molecule has 0 saturated carbocycles. The van der Waals surface area contributed by atoms with E-state index in [2.05, 4.69) is 31.2 Å². The Labute approximate surface area is 101 Å². The van der Waals surface area contributed by atoms with Crippen molar-refractivity contribution in [3.05, 3.63) is 53.1 Å². The van der Waals surface area contributed by atoms with Gasteiger partial charge in [-0.25, -0.2) is 0 Å². The van der Waals surface area contributed by atoms with E-state index in [1.807, 2.05) is 12.1 Å². The van der Waals surface area contributed by atoms with Crippen LogP contribution >= 0.6 is 11.6 Å². The lowest BCUT2D eigenvalue weighted by molar-refractivity contribution is 1.14. The summed E-state index contributed by atoms with van der Waals surface area (Å²) in [6.45, 7) is 2.15. The van der Waals surface area contributed by atoms with E-state index in [0.717, 1.165) is 17.5 Å². The van der Waals surface area contributed by atoms with Crippen LogP contribution in [0.4, 0.5) is 5.69 Å². The van der Waals surface area contributed by atoms with Gasteiger partial charge in [-0.05, 0) is 41.3 Å². The van der Waals surface area contributed by atoms with Gasteiger partial charge in [-0.1, -0.05) is 42.8 Å². The molecule has 2 aromatic carbocycles. The number of hydrogen-bond donors (Lipinski definition) is 1. The van der Waals surface area contributed by atoms with E-state index in [4.69, 9.17) is 17.3 Å². The molecule has 0 aliphatic heterocycles. The zero-order chi connectivity index (χ0) is 11.5. The maximum Gasteiger partial charge on any atom is 0.0432 e. The molecule has 0 amide bonds. The van der Waals surface area contributed by atoms with Gasteiger partial charge in [0.25, 0.3) is 0 Å². The van der Waals surface area contributed by atoms with Crippen LogP contribution in [0.3, 0.4) is 0 Å². The fourth-order valence-electron chi connectivity index (χ4n) is 1.71. The van der Waals surface area contributed by atoms with Gasteiger partial charge in [-0.3, -0.25) is 0 Å². The first-order valence-electron chi connectivity index (χ1n) is 5.34. The molecule has 0 saturated heterocycles. The van der Waals surface area contributed by atoms with Crippen LogP contribution in [0.25, 0.3) is 11.1 Å². The molecule has 0 spiro atoms. The molecule has 0 aliphatic carbocycles. The normalized spacial score (nSPS) is 10.4. The number of nitrogens with two attached hydrogens (primary N) is 1. The van der Waals surface area contributed by atoms with Crippen LogP contribution in [-0.4, -0.2) is 0 Å². The summed E-state index contributed by atoms with van der Waals surface area (Å²) in [6.07, 6.45) is 1.05. The van der Waals surface area contributed by atoms with Gasteiger partial charge >= 0.3 is 0 Å². The van der Waals surface area contributed by atoms with Crippen LogP contribution in [0, 0.1) is 0 Å². The molecule has 82 valence electrons. The molecule has 0 unspecified atom stereocenters. The first-order valence-corrected chi connectivity index (χ1v) is 5.72. The fraction of sp³-hybridized carbons (Fsp3) is 0.143. The second-order valence-electron chi connectivity index (χ2n) is 3.82. The van der Waals surface area contributed by atoms with E-state index >= 15 is 0 Å². The zero-order valence-corrected chi connectivity index (χ0v) is 9.96. The third-order valence-corrected chi connectivity index (χ3v) is 2.83. The summed E-state index contributed by atoms with van der Waals surface area (Å²) in [5.41, 5.74) is 10.0. The van der Waals surface area contributed by atoms with Gasteiger partial charge in [-0.15, -0.1) is 0 Å². The van der Waals surface area contributed by atoms with E-state index in [1.165, 1.54) is 5.56 Å². The van der Waals surface area contributed by atoms with Crippen LogP contribution < -0.4 is 5.73 Å². The highest BCUT2D eigenvalue weighted by molar-refractivity contribution is 6.31. The van der Waals surface area contributed by atoms with Gasteiger partial charge in [0.2, 0.25) is 0 Å². The third kappa shape index (κ3) is 2.37. The Morgan fingerprint density at radius 1 is 1.00 bits per heavy atom. The highest BCUT2D eigenvalue weighted by Crippen LogP contribution is 2.26. The SMILES string of the molecule is CCc1ccc(-c2cc(N)cc(Cl)c2)cc1. The number of aryl methyl sites for hydroxylation is 1. The van der Waals surface area contributed by atoms with Crippen molar-refractivity contribution in [3.8, 4) is 11.1 Å². The zero-order valence-electron chi connectivity index (χ0n) is 9.20. The maximum atomic E-state index is 5.98. The van der Waals surface area contributed by atoms with Gasteiger partial charge < -0.3 is 5.73 Å². The summed E-state index contributed by atoms with van der Waals surface area (Å²) in [6, 6.07) is 14.1. The summed E-state index contributed by atoms with van der Waals surface area (Å²) in [7, 11) is 0. The lowest BCUT2D eigenvalue weighted by Gasteiger charge is -2.05. The molecular formula is C14H14ClN. The average Bonchev–Trinajstić information content (AvgIpc) is 2.28. The quantitative estimate of drug-likeness (QED) is 0.772. The molecule has 2 aromatic rings. The lowest BCUT2D eigenvalue weighted by atomic mass is 10.0. The standard InChI is InChI=1S/C14H14ClN/c1-2-10-3-5-11(6-4-10)12-7-13(15)9-14(16)8-12/h3-9H,2,16H2,1H3. The Morgan fingerprint density at radius 3 is 2.25 bits per heavy atom. The monoisotopic (exact) mass is 231 g/mol. The lowest BCUT2D eigenvalue weighted by Crippen LogP contribution is -1.87. The minimum absolute atomic E-state index is 0.676. The summed E-state index contributed by atoms with van der Waals surface area (Å²) in [5, 5.41) is 0.676. The number of anilines is 1. The Morgan fingerprint density at radius 2 is 1.69 bits per heavy atom. The number of benzene rings is 2. The molecule has 2 heteroatoms. The van der Waals surface area contributed by atoms with E-state index in [-0.39, 0.29) is 0 Å². The van der Waals surface area contributed by atoms with Crippen molar-refractivity contribution >= 4 is 17.3 Å². The van der Waals surface area contributed by atoms with Crippen molar-refractivity contribution in [2.45, 2.75) is 13.3 Å². The number of halogens is 1. The first-order chi connectivity index (χ1) is 7.69. The summed E-state index contributed by atoms with van der Waals surface area (Å²) < 4.78 is 0. The summed E-state index contributed by atoms with van der Waals surface area (Å²) >= 11 is 5.98. The minimum atomic E-state index is 0.676. The highest BCUT2D eigenvalue weighted by Gasteiger charge is 2.00. The second-order valence-corrected chi connectivity index (χ2v) is 4.26. The Balaban J connectivity index is 2.42. The van der Waals surface area contributed by atoms with Crippen LogP contribution in [0.5, 0.6) is 0 Å². The van der Waals surface area contributed by atoms with Crippen LogP contribution in [-0.2, 0) is 6.42 Å². The molecule has 0 bridgehead atoms. The van der Waals surface area contributed by atoms with Gasteiger partial charge in [0.15, 0.2) is 0 Å². The largest absolute Gasteiger partial charge is 0.399 e. The molecule has 0 heterocycles. The topological polar surface area (TPSA) is 26.0 Å². The van der Waals surface area contributed by atoms with Crippen molar-refractivity contribution in [2.24, 2.45) is 0 Å². The van der Waals surface area contributed by atoms with Crippen molar-refractivity contribution in [3.63, 3.8) is 0 Å². The Bertz CT molecular complexity index is 468. The number of nitrogen functional groups attached to an aromatic ring is 1. The Kier molecular flexibility index (Phi) is 3.16. The Hall–Kier alpha value is -1.47. The van der Waals surface area contributed by atoms with E-state index in [9.17, 15) is 0 Å². The predicted octanol–water partition coefficient (Wildman–Crippen LogP) is 4.15. The first kappa shape index (κ1) is 11.0. The van der Waals surface area contributed by atoms with Crippen LogP contribution in [0.1, 0.15) is 12.5 Å². The molecular weight excluding hydrogens is 218 g/mol. The molecule has 0 aliphatic rings. The van der Waals surface area contributed by atoms with Crippen LogP contribution in [0.15, 0.2) is 42.5 Å². The molecule has 0 atom stereocenters.